The molecule has 76 valence electrons. The number of hydrogen-bond donors (Lipinski definition) is 1. The molecular formula is C9H23NO2. The number of aliphatic hydroxyl groups is 1. The Labute approximate surface area is 76.3 Å². The molecule has 0 saturated carbocycles. The van der Waals surface area contributed by atoms with Gasteiger partial charge >= 0.3 is 0 Å². The topological polar surface area (TPSA) is 32.7 Å². The van der Waals surface area contributed by atoms with Crippen LogP contribution in [0.2, 0.25) is 0 Å². The van der Waals surface area contributed by atoms with Crippen LogP contribution in [0.4, 0.5) is 0 Å². The standard InChI is InChI=1S/C6H15NO.C3H8O/c1-4-7(5-2)8-6-3;1-2-3-4/h4-6H2,1-3H3;4H,2-3H2,1H3. The molecule has 0 aliphatic rings. The Balaban J connectivity index is 0. The van der Waals surface area contributed by atoms with Gasteiger partial charge in [0, 0.05) is 19.7 Å². The van der Waals surface area contributed by atoms with E-state index in [9.17, 15) is 0 Å². The fraction of sp³-hybridized carbons (Fsp3) is 1.00. The summed E-state index contributed by atoms with van der Waals surface area (Å²) >= 11 is 0. The summed E-state index contributed by atoms with van der Waals surface area (Å²) in [5.41, 5.74) is 0. The lowest BCUT2D eigenvalue weighted by Crippen LogP contribution is -2.22. The molecule has 3 nitrogen and oxygen atoms in total. The van der Waals surface area contributed by atoms with Crippen molar-refractivity contribution in [2.45, 2.75) is 34.1 Å². The van der Waals surface area contributed by atoms with Gasteiger partial charge in [-0.05, 0) is 13.3 Å². The van der Waals surface area contributed by atoms with Gasteiger partial charge in [0.2, 0.25) is 0 Å². The third-order valence-electron chi connectivity index (χ3n) is 1.24. The summed E-state index contributed by atoms with van der Waals surface area (Å²) in [5, 5.41) is 9.81. The Morgan fingerprint density at radius 1 is 1.08 bits per heavy atom. The van der Waals surface area contributed by atoms with Crippen LogP contribution >= 0.6 is 0 Å². The predicted molar refractivity (Wildman–Crippen MR) is 51.9 cm³/mol. The average molecular weight is 177 g/mol. The van der Waals surface area contributed by atoms with E-state index in [0.717, 1.165) is 26.1 Å². The Kier molecular flexibility index (Phi) is 16.2. The lowest BCUT2D eigenvalue weighted by Gasteiger charge is -2.15. The van der Waals surface area contributed by atoms with Gasteiger partial charge in [-0.1, -0.05) is 20.8 Å². The summed E-state index contributed by atoms with van der Waals surface area (Å²) in [7, 11) is 0. The van der Waals surface area contributed by atoms with Gasteiger partial charge in [-0.15, -0.1) is 0 Å². The summed E-state index contributed by atoms with van der Waals surface area (Å²) in [6, 6.07) is 0. The Morgan fingerprint density at radius 2 is 1.50 bits per heavy atom. The first-order chi connectivity index (χ1) is 5.76. The van der Waals surface area contributed by atoms with E-state index in [1.807, 2.05) is 18.9 Å². The molecule has 0 heterocycles. The summed E-state index contributed by atoms with van der Waals surface area (Å²) in [6.45, 7) is 11.1. The number of aliphatic hydroxyl groups excluding tert-OH is 1. The van der Waals surface area contributed by atoms with Crippen molar-refractivity contribution in [1.29, 1.82) is 0 Å². The second-order valence-corrected chi connectivity index (χ2v) is 2.26. The smallest absolute Gasteiger partial charge is 0.0656 e. The first-order valence-electron chi connectivity index (χ1n) is 4.75. The first kappa shape index (κ1) is 14.4. The van der Waals surface area contributed by atoms with Gasteiger partial charge in [0.1, 0.15) is 0 Å². The van der Waals surface area contributed by atoms with E-state index in [4.69, 9.17) is 9.94 Å². The van der Waals surface area contributed by atoms with E-state index in [2.05, 4.69) is 13.8 Å². The van der Waals surface area contributed by atoms with Crippen molar-refractivity contribution in [2.24, 2.45) is 0 Å². The first-order valence-corrected chi connectivity index (χ1v) is 4.75. The highest BCUT2D eigenvalue weighted by Gasteiger charge is 1.93. The molecule has 0 rings (SSSR count). The molecule has 0 aromatic carbocycles. The molecule has 0 saturated heterocycles. The largest absolute Gasteiger partial charge is 0.396 e. The van der Waals surface area contributed by atoms with Crippen LogP contribution in [0.3, 0.4) is 0 Å². The lowest BCUT2D eigenvalue weighted by atomic mass is 10.5. The SMILES string of the molecule is CCCO.CCON(CC)CC. The van der Waals surface area contributed by atoms with Crippen LogP contribution in [-0.4, -0.2) is 36.5 Å². The normalized spacial score (nSPS) is 9.50. The second kappa shape index (κ2) is 13.5. The molecule has 0 unspecified atom stereocenters. The molecular weight excluding hydrogens is 154 g/mol. The van der Waals surface area contributed by atoms with Crippen LogP contribution in [0, 0.1) is 0 Å². The fourth-order valence-corrected chi connectivity index (χ4v) is 0.589. The maximum Gasteiger partial charge on any atom is 0.0656 e. The molecule has 0 radical (unpaired) electrons. The predicted octanol–water partition coefficient (Wildman–Crippen LogP) is 1.67. The minimum atomic E-state index is 0.319. The molecule has 0 fully saturated rings. The molecule has 0 amide bonds. The van der Waals surface area contributed by atoms with Crippen molar-refractivity contribution < 1.29 is 9.94 Å². The maximum absolute atomic E-state index is 7.88. The molecule has 3 heteroatoms. The molecule has 0 aromatic rings. The quantitative estimate of drug-likeness (QED) is 0.648. The van der Waals surface area contributed by atoms with Gasteiger partial charge < -0.3 is 5.11 Å². The fourth-order valence-electron chi connectivity index (χ4n) is 0.589. The minimum Gasteiger partial charge on any atom is -0.396 e. The molecule has 0 aromatic heterocycles. The van der Waals surface area contributed by atoms with Crippen LogP contribution in [0.5, 0.6) is 0 Å². The van der Waals surface area contributed by atoms with Crippen molar-refractivity contribution in [3.05, 3.63) is 0 Å². The van der Waals surface area contributed by atoms with Crippen molar-refractivity contribution in [2.75, 3.05) is 26.3 Å². The van der Waals surface area contributed by atoms with E-state index in [1.165, 1.54) is 0 Å². The zero-order valence-electron chi connectivity index (χ0n) is 8.84. The van der Waals surface area contributed by atoms with E-state index in [0.29, 0.717) is 6.61 Å². The summed E-state index contributed by atoms with van der Waals surface area (Å²) in [4.78, 5) is 5.17. The van der Waals surface area contributed by atoms with Crippen molar-refractivity contribution >= 4 is 0 Å². The van der Waals surface area contributed by atoms with Gasteiger partial charge in [-0.3, -0.25) is 4.84 Å². The molecule has 0 bridgehead atoms. The Hall–Kier alpha value is -0.120. The molecule has 0 aliphatic heterocycles. The van der Waals surface area contributed by atoms with Crippen LogP contribution in [-0.2, 0) is 4.84 Å². The van der Waals surface area contributed by atoms with E-state index < -0.39 is 0 Å². The van der Waals surface area contributed by atoms with E-state index in [-0.39, 0.29) is 0 Å². The highest BCUT2D eigenvalue weighted by atomic mass is 16.7. The summed E-state index contributed by atoms with van der Waals surface area (Å²) in [5.74, 6) is 0. The Morgan fingerprint density at radius 3 is 1.58 bits per heavy atom. The van der Waals surface area contributed by atoms with Crippen molar-refractivity contribution in [3.8, 4) is 0 Å². The molecule has 12 heavy (non-hydrogen) atoms. The van der Waals surface area contributed by atoms with Crippen molar-refractivity contribution in [1.82, 2.24) is 5.06 Å². The van der Waals surface area contributed by atoms with E-state index in [1.54, 1.807) is 0 Å². The number of hydroxylamine groups is 2. The molecule has 1 N–H and O–H groups in total. The van der Waals surface area contributed by atoms with Crippen LogP contribution in [0.15, 0.2) is 0 Å². The monoisotopic (exact) mass is 177 g/mol. The lowest BCUT2D eigenvalue weighted by molar-refractivity contribution is -0.147. The van der Waals surface area contributed by atoms with E-state index >= 15 is 0 Å². The number of hydrogen-bond acceptors (Lipinski definition) is 3. The highest BCUT2D eigenvalue weighted by Crippen LogP contribution is 1.86. The van der Waals surface area contributed by atoms with Gasteiger partial charge in [0.05, 0.1) is 6.61 Å². The Bertz CT molecular complexity index is 63.5. The summed E-state index contributed by atoms with van der Waals surface area (Å²) < 4.78 is 0. The van der Waals surface area contributed by atoms with Crippen LogP contribution < -0.4 is 0 Å². The van der Waals surface area contributed by atoms with Crippen LogP contribution in [0.1, 0.15) is 34.1 Å². The third-order valence-corrected chi connectivity index (χ3v) is 1.24. The zero-order valence-corrected chi connectivity index (χ0v) is 8.84. The maximum atomic E-state index is 7.88. The summed E-state index contributed by atoms with van der Waals surface area (Å²) in [6.07, 6.45) is 0.875. The molecule has 0 atom stereocenters. The third kappa shape index (κ3) is 12.5. The zero-order chi connectivity index (χ0) is 9.82. The number of rotatable bonds is 5. The van der Waals surface area contributed by atoms with Gasteiger partial charge in [-0.2, -0.15) is 5.06 Å². The van der Waals surface area contributed by atoms with Gasteiger partial charge in [0.15, 0.2) is 0 Å². The van der Waals surface area contributed by atoms with Crippen LogP contribution in [0.25, 0.3) is 0 Å². The average Bonchev–Trinajstić information content (AvgIpc) is 2.14. The number of nitrogens with zero attached hydrogens (tertiary/aromatic N) is 1. The van der Waals surface area contributed by atoms with Crippen molar-refractivity contribution in [3.63, 3.8) is 0 Å². The molecule has 0 spiro atoms. The molecule has 0 aliphatic carbocycles. The van der Waals surface area contributed by atoms with Gasteiger partial charge in [-0.25, -0.2) is 0 Å². The minimum absolute atomic E-state index is 0.319. The second-order valence-electron chi connectivity index (χ2n) is 2.26. The van der Waals surface area contributed by atoms with Gasteiger partial charge in [0.25, 0.3) is 0 Å². The highest BCUT2D eigenvalue weighted by molar-refractivity contribution is 4.31.